The van der Waals surface area contributed by atoms with Crippen molar-refractivity contribution in [2.45, 2.75) is 39.5 Å². The lowest BCUT2D eigenvalue weighted by Gasteiger charge is -2.23. The molecule has 0 bridgehead atoms. The van der Waals surface area contributed by atoms with E-state index in [1.54, 1.807) is 0 Å². The van der Waals surface area contributed by atoms with Crippen molar-refractivity contribution in [3.05, 3.63) is 71.3 Å². The van der Waals surface area contributed by atoms with Gasteiger partial charge in [0.2, 0.25) is 5.88 Å². The molecule has 0 saturated heterocycles. The molecule has 0 unspecified atom stereocenters. The van der Waals surface area contributed by atoms with Crippen LogP contribution >= 0.6 is 0 Å². The van der Waals surface area contributed by atoms with Crippen molar-refractivity contribution in [1.29, 1.82) is 0 Å². The number of hydrogen-bond acceptors (Lipinski definition) is 3. The number of nitrogens with zero attached hydrogens (tertiary/aromatic N) is 2. The second-order valence-corrected chi connectivity index (χ2v) is 6.90. The lowest BCUT2D eigenvalue weighted by atomic mass is 10.1. The standard InChI is InChI=1S/C22H24N2O/c1-3-20-15-24(13-17-9-5-4-6-10-17)14-19-12-18-11-7-8-16(2)21(18)23-22(19)25-20/h4-12,20H,3,13-15H2,1-2H3/t20-/m0/s1. The summed E-state index contributed by atoms with van der Waals surface area (Å²) >= 11 is 0. The van der Waals surface area contributed by atoms with Gasteiger partial charge in [0.15, 0.2) is 0 Å². The van der Waals surface area contributed by atoms with E-state index in [1.165, 1.54) is 22.1 Å². The van der Waals surface area contributed by atoms with Gasteiger partial charge in [-0.25, -0.2) is 4.98 Å². The van der Waals surface area contributed by atoms with Gasteiger partial charge in [0.05, 0.1) is 5.52 Å². The first kappa shape index (κ1) is 16.1. The van der Waals surface area contributed by atoms with Gasteiger partial charge in [-0.15, -0.1) is 0 Å². The summed E-state index contributed by atoms with van der Waals surface area (Å²) in [7, 11) is 0. The minimum atomic E-state index is 0.180. The van der Waals surface area contributed by atoms with E-state index in [0.717, 1.165) is 37.5 Å². The van der Waals surface area contributed by atoms with Crippen LogP contribution in [0.15, 0.2) is 54.6 Å². The number of ether oxygens (including phenoxy) is 1. The Balaban J connectivity index is 1.71. The molecule has 0 saturated carbocycles. The molecule has 4 rings (SSSR count). The highest BCUT2D eigenvalue weighted by Crippen LogP contribution is 2.29. The first-order valence-electron chi connectivity index (χ1n) is 9.05. The van der Waals surface area contributed by atoms with E-state index < -0.39 is 0 Å². The highest BCUT2D eigenvalue weighted by molar-refractivity contribution is 5.83. The average Bonchev–Trinajstić information content (AvgIpc) is 2.79. The Bertz CT molecular complexity index is 876. The van der Waals surface area contributed by atoms with Crippen LogP contribution in [0.4, 0.5) is 0 Å². The topological polar surface area (TPSA) is 25.4 Å². The largest absolute Gasteiger partial charge is 0.473 e. The molecule has 0 amide bonds. The fourth-order valence-corrected chi connectivity index (χ4v) is 3.55. The Kier molecular flexibility index (Phi) is 4.41. The van der Waals surface area contributed by atoms with Crippen molar-refractivity contribution >= 4 is 10.9 Å². The van der Waals surface area contributed by atoms with Crippen molar-refractivity contribution in [3.8, 4) is 5.88 Å². The molecular formula is C22H24N2O. The predicted octanol–water partition coefficient (Wildman–Crippen LogP) is 4.72. The molecular weight excluding hydrogens is 308 g/mol. The normalized spacial score (nSPS) is 17.8. The minimum Gasteiger partial charge on any atom is -0.473 e. The maximum atomic E-state index is 6.28. The monoisotopic (exact) mass is 332 g/mol. The molecule has 1 atom stereocenters. The van der Waals surface area contributed by atoms with Gasteiger partial charge < -0.3 is 4.74 Å². The molecule has 128 valence electrons. The molecule has 3 aromatic rings. The van der Waals surface area contributed by atoms with Crippen molar-refractivity contribution < 1.29 is 4.74 Å². The molecule has 3 nitrogen and oxygen atoms in total. The Hall–Kier alpha value is -2.39. The number of fused-ring (bicyclic) bond motifs is 2. The number of para-hydroxylation sites is 1. The van der Waals surface area contributed by atoms with Crippen LogP contribution in [-0.2, 0) is 13.1 Å². The van der Waals surface area contributed by atoms with Crippen molar-refractivity contribution in [3.63, 3.8) is 0 Å². The Labute approximate surface area is 149 Å². The Morgan fingerprint density at radius 3 is 2.76 bits per heavy atom. The average molecular weight is 332 g/mol. The summed E-state index contributed by atoms with van der Waals surface area (Å²) in [4.78, 5) is 7.34. The summed E-state index contributed by atoms with van der Waals surface area (Å²) in [6, 6.07) is 19.2. The second kappa shape index (κ2) is 6.85. The number of rotatable bonds is 3. The van der Waals surface area contributed by atoms with Crippen LogP contribution in [0.2, 0.25) is 0 Å². The first-order valence-corrected chi connectivity index (χ1v) is 9.05. The highest BCUT2D eigenvalue weighted by Gasteiger charge is 2.23. The lowest BCUT2D eigenvalue weighted by Crippen LogP contribution is -2.32. The summed E-state index contributed by atoms with van der Waals surface area (Å²) in [5.74, 6) is 0.809. The smallest absolute Gasteiger partial charge is 0.218 e. The van der Waals surface area contributed by atoms with Crippen LogP contribution in [0, 0.1) is 6.92 Å². The fourth-order valence-electron chi connectivity index (χ4n) is 3.55. The molecule has 0 N–H and O–H groups in total. The molecule has 1 aliphatic rings. The minimum absolute atomic E-state index is 0.180. The number of benzene rings is 2. The van der Waals surface area contributed by atoms with Gasteiger partial charge in [-0.2, -0.15) is 0 Å². The van der Waals surface area contributed by atoms with Crippen molar-refractivity contribution in [1.82, 2.24) is 9.88 Å². The van der Waals surface area contributed by atoms with Gasteiger partial charge in [-0.3, -0.25) is 4.90 Å². The number of pyridine rings is 1. The van der Waals surface area contributed by atoms with Gasteiger partial charge in [0.1, 0.15) is 6.10 Å². The molecule has 0 aliphatic carbocycles. The maximum Gasteiger partial charge on any atom is 0.218 e. The van der Waals surface area contributed by atoms with E-state index in [1.807, 2.05) is 0 Å². The molecule has 2 heterocycles. The van der Waals surface area contributed by atoms with E-state index in [4.69, 9.17) is 9.72 Å². The van der Waals surface area contributed by atoms with Crippen LogP contribution < -0.4 is 4.74 Å². The van der Waals surface area contributed by atoms with Crippen molar-refractivity contribution in [2.75, 3.05) is 6.54 Å². The number of aryl methyl sites for hydroxylation is 1. The SMILES string of the molecule is CC[C@H]1CN(Cc2ccccc2)Cc2cc3cccc(C)c3nc2O1. The maximum absolute atomic E-state index is 6.28. The zero-order chi connectivity index (χ0) is 17.2. The van der Waals surface area contributed by atoms with E-state index in [9.17, 15) is 0 Å². The summed E-state index contributed by atoms with van der Waals surface area (Å²) in [6.07, 6.45) is 1.16. The first-order chi connectivity index (χ1) is 12.2. The third-order valence-electron chi connectivity index (χ3n) is 4.93. The lowest BCUT2D eigenvalue weighted by molar-refractivity contribution is 0.136. The molecule has 1 aromatic heterocycles. The quantitative estimate of drug-likeness (QED) is 0.694. The molecule has 0 fully saturated rings. The van der Waals surface area contributed by atoms with E-state index in [0.29, 0.717) is 0 Å². The van der Waals surface area contributed by atoms with Crippen LogP contribution in [-0.4, -0.2) is 22.5 Å². The summed E-state index contributed by atoms with van der Waals surface area (Å²) < 4.78 is 6.28. The van der Waals surface area contributed by atoms with Crippen LogP contribution in [0.25, 0.3) is 10.9 Å². The molecule has 3 heteroatoms. The summed E-state index contributed by atoms with van der Waals surface area (Å²) in [5, 5.41) is 1.19. The van der Waals surface area contributed by atoms with E-state index >= 15 is 0 Å². The molecule has 1 aliphatic heterocycles. The Morgan fingerprint density at radius 1 is 1.12 bits per heavy atom. The molecule has 0 radical (unpaired) electrons. The highest BCUT2D eigenvalue weighted by atomic mass is 16.5. The predicted molar refractivity (Wildman–Crippen MR) is 102 cm³/mol. The van der Waals surface area contributed by atoms with E-state index in [2.05, 4.69) is 73.3 Å². The van der Waals surface area contributed by atoms with E-state index in [-0.39, 0.29) is 6.10 Å². The van der Waals surface area contributed by atoms with Crippen LogP contribution in [0.5, 0.6) is 5.88 Å². The van der Waals surface area contributed by atoms with Gasteiger partial charge in [0, 0.05) is 30.6 Å². The summed E-state index contributed by atoms with van der Waals surface area (Å²) in [5.41, 5.74) is 4.77. The molecule has 25 heavy (non-hydrogen) atoms. The zero-order valence-electron chi connectivity index (χ0n) is 14.9. The third-order valence-corrected chi connectivity index (χ3v) is 4.93. The van der Waals surface area contributed by atoms with Gasteiger partial charge in [-0.1, -0.05) is 55.5 Å². The van der Waals surface area contributed by atoms with Crippen molar-refractivity contribution in [2.24, 2.45) is 0 Å². The second-order valence-electron chi connectivity index (χ2n) is 6.90. The third kappa shape index (κ3) is 3.38. The van der Waals surface area contributed by atoms with Gasteiger partial charge >= 0.3 is 0 Å². The zero-order valence-corrected chi connectivity index (χ0v) is 14.9. The number of aromatic nitrogens is 1. The van der Waals surface area contributed by atoms with Crippen LogP contribution in [0.1, 0.15) is 30.0 Å². The summed E-state index contributed by atoms with van der Waals surface area (Å²) in [6.45, 7) is 7.03. The number of hydrogen-bond donors (Lipinski definition) is 0. The Morgan fingerprint density at radius 2 is 1.96 bits per heavy atom. The molecule has 2 aromatic carbocycles. The van der Waals surface area contributed by atoms with Gasteiger partial charge in [-0.05, 0) is 30.5 Å². The fraction of sp³-hybridized carbons (Fsp3) is 0.318. The van der Waals surface area contributed by atoms with Crippen LogP contribution in [0.3, 0.4) is 0 Å². The van der Waals surface area contributed by atoms with Gasteiger partial charge in [0.25, 0.3) is 0 Å². The molecule has 0 spiro atoms.